The predicted octanol–water partition coefficient (Wildman–Crippen LogP) is 2.99. The van der Waals surface area contributed by atoms with Crippen LogP contribution in [0.15, 0.2) is 0 Å². The van der Waals surface area contributed by atoms with Gasteiger partial charge in [-0.25, -0.2) is 0 Å². The van der Waals surface area contributed by atoms with Crippen LogP contribution in [0.5, 0.6) is 0 Å². The highest BCUT2D eigenvalue weighted by Gasteiger charge is 2.39. The van der Waals surface area contributed by atoms with Crippen LogP contribution in [0.2, 0.25) is 0 Å². The van der Waals surface area contributed by atoms with E-state index >= 15 is 0 Å². The molecule has 0 bridgehead atoms. The Balaban J connectivity index is 1.93. The van der Waals surface area contributed by atoms with E-state index in [0.29, 0.717) is 6.04 Å². The summed E-state index contributed by atoms with van der Waals surface area (Å²) in [6.45, 7) is 6.53. The Morgan fingerprint density at radius 3 is 2.37 bits per heavy atom. The van der Waals surface area contributed by atoms with Crippen molar-refractivity contribution in [2.75, 3.05) is 0 Å². The van der Waals surface area contributed by atoms with E-state index in [4.69, 9.17) is 0 Å². The van der Waals surface area contributed by atoms with Crippen LogP contribution in [0.25, 0.3) is 0 Å². The van der Waals surface area contributed by atoms with E-state index in [2.05, 4.69) is 31.4 Å². The Bertz CT molecular complexity index is 290. The third kappa shape index (κ3) is 3.13. The maximum absolute atomic E-state index is 12.5. The van der Waals surface area contributed by atoms with Gasteiger partial charge in [-0.15, -0.1) is 0 Å². The second-order valence-electron chi connectivity index (χ2n) is 6.44. The summed E-state index contributed by atoms with van der Waals surface area (Å²) in [5, 5.41) is 6.91. The lowest BCUT2D eigenvalue weighted by atomic mass is 9.85. The van der Waals surface area contributed by atoms with E-state index in [-0.39, 0.29) is 17.5 Å². The normalized spacial score (nSPS) is 31.0. The van der Waals surface area contributed by atoms with Crippen LogP contribution in [0.1, 0.15) is 72.1 Å². The van der Waals surface area contributed by atoms with Crippen LogP contribution in [-0.4, -0.2) is 23.5 Å². The van der Waals surface area contributed by atoms with Gasteiger partial charge in [-0.3, -0.25) is 4.79 Å². The molecule has 0 radical (unpaired) electrons. The first-order valence-corrected chi connectivity index (χ1v) is 8.22. The van der Waals surface area contributed by atoms with Crippen molar-refractivity contribution in [3.63, 3.8) is 0 Å². The van der Waals surface area contributed by atoms with E-state index in [1.165, 1.54) is 25.7 Å². The molecule has 2 fully saturated rings. The number of carbonyl (C=O) groups excluding carboxylic acids is 1. The van der Waals surface area contributed by atoms with Crippen LogP contribution < -0.4 is 10.6 Å². The first kappa shape index (κ1) is 14.8. The highest BCUT2D eigenvalue weighted by molar-refractivity contribution is 5.83. The maximum Gasteiger partial charge on any atom is 0.237 e. The zero-order valence-electron chi connectivity index (χ0n) is 12.8. The van der Waals surface area contributed by atoms with E-state index in [9.17, 15) is 4.79 Å². The fourth-order valence-corrected chi connectivity index (χ4v) is 3.88. The molecule has 0 aromatic carbocycles. The highest BCUT2D eigenvalue weighted by atomic mass is 16.2. The van der Waals surface area contributed by atoms with E-state index in [1.807, 2.05) is 0 Å². The van der Waals surface area contributed by atoms with Gasteiger partial charge >= 0.3 is 0 Å². The maximum atomic E-state index is 12.5. The minimum atomic E-state index is 0.00647. The molecule has 1 saturated heterocycles. The monoisotopic (exact) mass is 266 g/mol. The molecule has 1 heterocycles. The van der Waals surface area contributed by atoms with Gasteiger partial charge in [-0.05, 0) is 44.4 Å². The van der Waals surface area contributed by atoms with Crippen LogP contribution >= 0.6 is 0 Å². The van der Waals surface area contributed by atoms with Gasteiger partial charge in [-0.1, -0.05) is 33.6 Å². The second-order valence-corrected chi connectivity index (χ2v) is 6.44. The van der Waals surface area contributed by atoms with Crippen LogP contribution in [0.3, 0.4) is 0 Å². The van der Waals surface area contributed by atoms with E-state index in [0.717, 1.165) is 31.6 Å². The Kier molecular flexibility index (Phi) is 4.88. The zero-order chi connectivity index (χ0) is 13.9. The molecule has 3 heteroatoms. The van der Waals surface area contributed by atoms with Gasteiger partial charge in [0.2, 0.25) is 5.91 Å². The number of rotatable bonds is 5. The molecule has 2 aliphatic rings. The van der Waals surface area contributed by atoms with Gasteiger partial charge in [0.25, 0.3) is 0 Å². The molecular formula is C16H30N2O. The van der Waals surface area contributed by atoms with Gasteiger partial charge < -0.3 is 10.6 Å². The molecule has 0 spiro atoms. The molecule has 19 heavy (non-hydrogen) atoms. The fraction of sp³-hybridized carbons (Fsp3) is 0.938. The number of hydrogen-bond acceptors (Lipinski definition) is 2. The van der Waals surface area contributed by atoms with Gasteiger partial charge in [0, 0.05) is 11.6 Å². The van der Waals surface area contributed by atoms with Crippen molar-refractivity contribution >= 4 is 5.91 Å². The summed E-state index contributed by atoms with van der Waals surface area (Å²) in [6, 6.07) is 0.654. The standard InChI is InChI=1S/C16H30N2O/c1-4-16(5-2,6-3)18-15(19)14-11-12-9-7-8-10-13(12)17-14/h12-14,17H,4-11H2,1-3H3,(H,18,19). The summed E-state index contributed by atoms with van der Waals surface area (Å²) in [5.74, 6) is 0.976. The minimum Gasteiger partial charge on any atom is -0.349 e. The second kappa shape index (κ2) is 6.25. The minimum absolute atomic E-state index is 0.00647. The van der Waals surface area contributed by atoms with Crippen molar-refractivity contribution in [1.29, 1.82) is 0 Å². The predicted molar refractivity (Wildman–Crippen MR) is 79.0 cm³/mol. The quantitative estimate of drug-likeness (QED) is 0.803. The molecule has 1 aliphatic heterocycles. The lowest BCUT2D eigenvalue weighted by molar-refractivity contribution is -0.125. The summed E-state index contributed by atoms with van der Waals surface area (Å²) in [6.07, 6.45) is 9.34. The Morgan fingerprint density at radius 1 is 1.16 bits per heavy atom. The van der Waals surface area contributed by atoms with Crippen molar-refractivity contribution in [2.24, 2.45) is 5.92 Å². The lowest BCUT2D eigenvalue weighted by Crippen LogP contribution is -2.53. The van der Waals surface area contributed by atoms with E-state index in [1.54, 1.807) is 0 Å². The molecular weight excluding hydrogens is 236 g/mol. The van der Waals surface area contributed by atoms with Crippen molar-refractivity contribution in [3.8, 4) is 0 Å². The SMILES string of the molecule is CCC(CC)(CC)NC(=O)C1CC2CCCCC2N1. The third-order valence-corrected chi connectivity index (χ3v) is 5.60. The molecule has 2 rings (SSSR count). The topological polar surface area (TPSA) is 41.1 Å². The smallest absolute Gasteiger partial charge is 0.237 e. The fourth-order valence-electron chi connectivity index (χ4n) is 3.88. The van der Waals surface area contributed by atoms with Gasteiger partial charge in [0.15, 0.2) is 0 Å². The molecule has 1 aliphatic carbocycles. The Labute approximate surface area is 117 Å². The molecule has 3 unspecified atom stereocenters. The summed E-state index contributed by atoms with van der Waals surface area (Å²) in [4.78, 5) is 12.5. The van der Waals surface area contributed by atoms with Crippen LogP contribution in [0.4, 0.5) is 0 Å². The Hall–Kier alpha value is -0.570. The largest absolute Gasteiger partial charge is 0.349 e. The molecule has 0 aromatic heterocycles. The molecule has 2 N–H and O–H groups in total. The van der Waals surface area contributed by atoms with Gasteiger partial charge in [0.05, 0.1) is 6.04 Å². The van der Waals surface area contributed by atoms with Crippen LogP contribution in [0, 0.1) is 5.92 Å². The summed E-state index contributed by atoms with van der Waals surface area (Å²) in [7, 11) is 0. The first-order chi connectivity index (χ1) is 9.14. The number of carbonyl (C=O) groups is 1. The summed E-state index contributed by atoms with van der Waals surface area (Å²) < 4.78 is 0. The molecule has 0 aromatic rings. The zero-order valence-corrected chi connectivity index (χ0v) is 12.8. The van der Waals surface area contributed by atoms with Gasteiger partial charge in [-0.2, -0.15) is 0 Å². The van der Waals surface area contributed by atoms with Crippen LogP contribution in [-0.2, 0) is 4.79 Å². The molecule has 1 saturated carbocycles. The average Bonchev–Trinajstić information content (AvgIpc) is 2.89. The number of hydrogen-bond donors (Lipinski definition) is 2. The number of amides is 1. The number of nitrogens with one attached hydrogen (secondary N) is 2. The van der Waals surface area contributed by atoms with Crippen molar-refractivity contribution in [3.05, 3.63) is 0 Å². The average molecular weight is 266 g/mol. The van der Waals surface area contributed by atoms with Gasteiger partial charge in [0.1, 0.15) is 0 Å². The van der Waals surface area contributed by atoms with Crippen molar-refractivity contribution < 1.29 is 4.79 Å². The first-order valence-electron chi connectivity index (χ1n) is 8.22. The van der Waals surface area contributed by atoms with Crippen molar-refractivity contribution in [2.45, 2.75) is 89.8 Å². The Morgan fingerprint density at radius 2 is 1.79 bits per heavy atom. The van der Waals surface area contributed by atoms with E-state index < -0.39 is 0 Å². The molecule has 3 nitrogen and oxygen atoms in total. The molecule has 3 atom stereocenters. The molecule has 1 amide bonds. The number of fused-ring (bicyclic) bond motifs is 1. The lowest BCUT2D eigenvalue weighted by Gasteiger charge is -2.33. The van der Waals surface area contributed by atoms with Crippen molar-refractivity contribution in [1.82, 2.24) is 10.6 Å². The molecule has 110 valence electrons. The third-order valence-electron chi connectivity index (χ3n) is 5.60. The summed E-state index contributed by atoms with van der Waals surface area (Å²) >= 11 is 0. The highest BCUT2D eigenvalue weighted by Crippen LogP contribution is 2.33. The summed E-state index contributed by atoms with van der Waals surface area (Å²) in [5.41, 5.74) is 0.00647.